The van der Waals surface area contributed by atoms with Gasteiger partial charge in [-0.25, -0.2) is 4.79 Å². The predicted octanol–water partition coefficient (Wildman–Crippen LogP) is 3.93. The van der Waals surface area contributed by atoms with Gasteiger partial charge in [-0.1, -0.05) is 32.6 Å². The highest BCUT2D eigenvalue weighted by Gasteiger charge is 2.19. The van der Waals surface area contributed by atoms with Crippen molar-refractivity contribution in [1.29, 1.82) is 0 Å². The third-order valence-electron chi connectivity index (χ3n) is 4.58. The van der Waals surface area contributed by atoms with Gasteiger partial charge < -0.3 is 14.5 Å². The lowest BCUT2D eigenvalue weighted by atomic mass is 9.81. The van der Waals surface area contributed by atoms with E-state index in [1.165, 1.54) is 39.2 Å². The first kappa shape index (κ1) is 16.1. The summed E-state index contributed by atoms with van der Waals surface area (Å²) in [5.74, 6) is 2.40. The molecule has 21 heavy (non-hydrogen) atoms. The van der Waals surface area contributed by atoms with Crippen LogP contribution in [0.2, 0.25) is 0 Å². The van der Waals surface area contributed by atoms with Gasteiger partial charge in [-0.05, 0) is 43.9 Å². The molecule has 1 saturated carbocycles. The maximum Gasteiger partial charge on any atom is 0.373 e. The lowest BCUT2D eigenvalue weighted by Crippen LogP contribution is -2.23. The Morgan fingerprint density at radius 1 is 1.38 bits per heavy atom. The summed E-state index contributed by atoms with van der Waals surface area (Å²) in [6.07, 6.45) is 6.71. The number of ether oxygens (including phenoxy) is 1. The molecule has 1 N–H and O–H groups in total. The maximum atomic E-state index is 11.4. The van der Waals surface area contributed by atoms with Crippen molar-refractivity contribution >= 4 is 5.97 Å². The quantitative estimate of drug-likeness (QED) is 0.807. The molecule has 4 heteroatoms. The van der Waals surface area contributed by atoms with Crippen LogP contribution in [0.25, 0.3) is 0 Å². The lowest BCUT2D eigenvalue weighted by molar-refractivity contribution is 0.0562. The van der Waals surface area contributed by atoms with Gasteiger partial charge in [0.2, 0.25) is 5.76 Å². The number of hydrogen-bond donors (Lipinski definition) is 1. The molecule has 0 bridgehead atoms. The summed E-state index contributed by atoms with van der Waals surface area (Å²) in [5.41, 5.74) is 0. The Labute approximate surface area is 127 Å². The van der Waals surface area contributed by atoms with E-state index in [0.717, 1.165) is 24.1 Å². The first-order valence-corrected chi connectivity index (χ1v) is 8.01. The second kappa shape index (κ2) is 7.64. The number of hydrogen-bond acceptors (Lipinski definition) is 4. The largest absolute Gasteiger partial charge is 0.463 e. The Hall–Kier alpha value is -1.29. The van der Waals surface area contributed by atoms with Crippen LogP contribution in [0.3, 0.4) is 0 Å². The van der Waals surface area contributed by atoms with Gasteiger partial charge in [0.25, 0.3) is 0 Å². The smallest absolute Gasteiger partial charge is 0.373 e. The summed E-state index contributed by atoms with van der Waals surface area (Å²) >= 11 is 0. The van der Waals surface area contributed by atoms with Gasteiger partial charge in [0.05, 0.1) is 13.2 Å². The summed E-state index contributed by atoms with van der Waals surface area (Å²) < 4.78 is 10.2. The van der Waals surface area contributed by atoms with E-state index in [2.05, 4.69) is 23.9 Å². The molecule has 4 nitrogen and oxygen atoms in total. The van der Waals surface area contributed by atoms with E-state index in [1.807, 2.05) is 6.07 Å². The van der Waals surface area contributed by atoms with Crippen LogP contribution in [0.1, 0.15) is 68.3 Å². The highest BCUT2D eigenvalue weighted by Crippen LogP contribution is 2.30. The molecule has 0 aromatic carbocycles. The fraction of sp³-hybridized carbons (Fsp3) is 0.706. The van der Waals surface area contributed by atoms with E-state index < -0.39 is 5.97 Å². The van der Waals surface area contributed by atoms with Crippen molar-refractivity contribution in [2.75, 3.05) is 13.7 Å². The van der Waals surface area contributed by atoms with Gasteiger partial charge >= 0.3 is 5.97 Å². The van der Waals surface area contributed by atoms with Crippen molar-refractivity contribution in [2.45, 2.75) is 52.0 Å². The van der Waals surface area contributed by atoms with Crippen molar-refractivity contribution < 1.29 is 13.9 Å². The highest BCUT2D eigenvalue weighted by atomic mass is 16.5. The van der Waals surface area contributed by atoms with Crippen molar-refractivity contribution in [1.82, 2.24) is 5.32 Å². The van der Waals surface area contributed by atoms with Crippen molar-refractivity contribution in [3.05, 3.63) is 23.7 Å². The van der Waals surface area contributed by atoms with E-state index >= 15 is 0 Å². The molecule has 0 radical (unpaired) electrons. The van der Waals surface area contributed by atoms with Crippen LogP contribution in [0, 0.1) is 11.8 Å². The Balaban J connectivity index is 1.73. The highest BCUT2D eigenvalue weighted by molar-refractivity contribution is 5.86. The van der Waals surface area contributed by atoms with Crippen LogP contribution in [0.5, 0.6) is 0 Å². The zero-order chi connectivity index (χ0) is 15.2. The van der Waals surface area contributed by atoms with E-state index in [-0.39, 0.29) is 11.8 Å². The molecule has 0 aliphatic heterocycles. The minimum Gasteiger partial charge on any atom is -0.463 e. The summed E-state index contributed by atoms with van der Waals surface area (Å²) in [7, 11) is 1.36. The molecule has 1 aliphatic carbocycles. The van der Waals surface area contributed by atoms with Crippen LogP contribution in [0.4, 0.5) is 0 Å². The lowest BCUT2D eigenvalue weighted by Gasteiger charge is -2.26. The fourth-order valence-corrected chi connectivity index (χ4v) is 3.02. The molecule has 118 valence electrons. The molecule has 1 aromatic heterocycles. The Bertz CT molecular complexity index is 447. The number of methoxy groups -OCH3 is 1. The second-order valence-corrected chi connectivity index (χ2v) is 6.28. The number of carbonyl (C=O) groups is 1. The van der Waals surface area contributed by atoms with Crippen molar-refractivity contribution in [3.8, 4) is 0 Å². The van der Waals surface area contributed by atoms with E-state index in [4.69, 9.17) is 4.42 Å². The fourth-order valence-electron chi connectivity index (χ4n) is 3.02. The number of carbonyl (C=O) groups excluding carboxylic acids is 1. The third-order valence-corrected chi connectivity index (χ3v) is 4.58. The van der Waals surface area contributed by atoms with E-state index in [1.54, 1.807) is 6.07 Å². The molecule has 1 heterocycles. The SMILES string of the molecule is COC(=O)c1ccc(C(C)NCCC2CCC(C)CC2)o1. The summed E-state index contributed by atoms with van der Waals surface area (Å²) in [6.45, 7) is 5.41. The molecule has 0 spiro atoms. The third kappa shape index (κ3) is 4.60. The van der Waals surface area contributed by atoms with Crippen LogP contribution < -0.4 is 5.32 Å². The number of nitrogens with one attached hydrogen (secondary N) is 1. The Kier molecular flexibility index (Phi) is 5.85. The van der Waals surface area contributed by atoms with E-state index in [0.29, 0.717) is 0 Å². The van der Waals surface area contributed by atoms with Crippen LogP contribution in [0.15, 0.2) is 16.5 Å². The maximum absolute atomic E-state index is 11.4. The van der Waals surface area contributed by atoms with Gasteiger partial charge in [-0.2, -0.15) is 0 Å². The topological polar surface area (TPSA) is 51.5 Å². The molecule has 1 aromatic rings. The van der Waals surface area contributed by atoms with Crippen molar-refractivity contribution in [3.63, 3.8) is 0 Å². The molecule has 1 aliphatic rings. The van der Waals surface area contributed by atoms with E-state index in [9.17, 15) is 4.79 Å². The molecule has 0 amide bonds. The minimum atomic E-state index is -0.426. The van der Waals surface area contributed by atoms with Crippen LogP contribution in [-0.4, -0.2) is 19.6 Å². The Morgan fingerprint density at radius 3 is 2.76 bits per heavy atom. The molecule has 1 atom stereocenters. The second-order valence-electron chi connectivity index (χ2n) is 6.28. The van der Waals surface area contributed by atoms with Crippen molar-refractivity contribution in [2.24, 2.45) is 11.8 Å². The number of furan rings is 1. The molecule has 2 rings (SSSR count). The summed E-state index contributed by atoms with van der Waals surface area (Å²) in [6, 6.07) is 3.62. The normalized spacial score (nSPS) is 23.8. The van der Waals surface area contributed by atoms with Gasteiger partial charge in [-0.15, -0.1) is 0 Å². The monoisotopic (exact) mass is 293 g/mol. The average molecular weight is 293 g/mol. The number of rotatable bonds is 6. The van der Waals surface area contributed by atoms with Crippen LogP contribution >= 0.6 is 0 Å². The molecular formula is C17H27NO3. The molecule has 1 fully saturated rings. The average Bonchev–Trinajstić information content (AvgIpc) is 2.98. The predicted molar refractivity (Wildman–Crippen MR) is 82.2 cm³/mol. The molecule has 1 unspecified atom stereocenters. The van der Waals surface area contributed by atoms with Gasteiger partial charge in [0.1, 0.15) is 5.76 Å². The first-order chi connectivity index (χ1) is 10.1. The first-order valence-electron chi connectivity index (χ1n) is 8.01. The molecular weight excluding hydrogens is 266 g/mol. The zero-order valence-electron chi connectivity index (χ0n) is 13.4. The summed E-state index contributed by atoms with van der Waals surface area (Å²) in [5, 5.41) is 3.48. The van der Waals surface area contributed by atoms with Gasteiger partial charge in [0.15, 0.2) is 0 Å². The van der Waals surface area contributed by atoms with Crippen LogP contribution in [-0.2, 0) is 4.74 Å². The van der Waals surface area contributed by atoms with Gasteiger partial charge in [-0.3, -0.25) is 0 Å². The Morgan fingerprint density at radius 2 is 2.10 bits per heavy atom. The molecule has 0 saturated heterocycles. The van der Waals surface area contributed by atoms with Gasteiger partial charge in [0, 0.05) is 0 Å². The zero-order valence-corrected chi connectivity index (χ0v) is 13.4. The minimum absolute atomic E-state index is 0.117. The standard InChI is InChI=1S/C17H27NO3/c1-12-4-6-14(7-5-12)10-11-18-13(2)15-8-9-16(21-15)17(19)20-3/h8-9,12-14,18H,4-7,10-11H2,1-3H3. The number of esters is 1. The summed E-state index contributed by atoms with van der Waals surface area (Å²) in [4.78, 5) is 11.4.